The van der Waals surface area contributed by atoms with Crippen LogP contribution >= 0.6 is 0 Å². The summed E-state index contributed by atoms with van der Waals surface area (Å²) in [6, 6.07) is 0. The van der Waals surface area contributed by atoms with Gasteiger partial charge in [0.2, 0.25) is 5.91 Å². The average Bonchev–Trinajstić information content (AvgIpc) is 2.91. The minimum Gasteiger partial charge on any atom is -0.361 e. The molecule has 3 heterocycles. The fraction of sp³-hybridized carbons (Fsp3) is 0.789. The van der Waals surface area contributed by atoms with E-state index >= 15 is 0 Å². The average molecular weight is 333 g/mol. The fourth-order valence-corrected chi connectivity index (χ4v) is 4.39. The second kappa shape index (κ2) is 6.87. The Kier molecular flexibility index (Phi) is 5.00. The number of β-lactam (4-membered cyclic amide) rings is 1. The van der Waals surface area contributed by atoms with E-state index in [1.807, 2.05) is 18.7 Å². The number of piperidine rings is 1. The van der Waals surface area contributed by atoms with E-state index in [1.165, 1.54) is 12.8 Å². The predicted molar refractivity (Wildman–Crippen MR) is 93.6 cm³/mol. The lowest BCUT2D eigenvalue weighted by Crippen LogP contribution is -2.66. The number of nitrogens with zero attached hydrogens (tertiary/aromatic N) is 3. The number of aryl methyl sites for hydroxylation is 2. The molecule has 1 atom stereocenters. The molecule has 1 spiro atoms. The second-order valence-corrected chi connectivity index (χ2v) is 7.77. The Morgan fingerprint density at radius 1 is 1.25 bits per heavy atom. The Morgan fingerprint density at radius 2 is 2.00 bits per heavy atom. The highest BCUT2D eigenvalue weighted by atomic mass is 16.5. The number of likely N-dealkylation sites (tertiary alicyclic amines) is 2. The van der Waals surface area contributed by atoms with Crippen molar-refractivity contribution in [2.45, 2.75) is 59.9 Å². The largest absolute Gasteiger partial charge is 0.361 e. The normalized spacial score (nSPS) is 24.9. The lowest BCUT2D eigenvalue weighted by atomic mass is 9.72. The maximum atomic E-state index is 12.9. The molecular weight excluding hydrogens is 302 g/mol. The third kappa shape index (κ3) is 3.10. The standard InChI is InChI=1S/C19H31N3O2/c1-5-16(6-2)10-21-9-7-8-19(12-21)13-22(18(19)23)11-17-14(3)20-24-15(17)4/h16H,5-13H2,1-4H3/t19-/m1/s1. The minimum absolute atomic E-state index is 0.122. The Morgan fingerprint density at radius 3 is 2.58 bits per heavy atom. The van der Waals surface area contributed by atoms with Gasteiger partial charge in [-0.05, 0) is 39.2 Å². The number of hydrogen-bond acceptors (Lipinski definition) is 4. The zero-order chi connectivity index (χ0) is 17.3. The highest BCUT2D eigenvalue weighted by Gasteiger charge is 2.53. The van der Waals surface area contributed by atoms with Gasteiger partial charge in [-0.1, -0.05) is 31.8 Å². The van der Waals surface area contributed by atoms with Crippen LogP contribution < -0.4 is 0 Å². The molecule has 2 saturated heterocycles. The molecule has 0 aliphatic carbocycles. The van der Waals surface area contributed by atoms with E-state index in [0.717, 1.165) is 62.0 Å². The highest BCUT2D eigenvalue weighted by Crippen LogP contribution is 2.41. The molecule has 0 radical (unpaired) electrons. The SMILES string of the molecule is CCC(CC)CN1CCC[C@@]2(C1)CN(Cc1c(C)noc1C)C2=O. The first-order valence-electron chi connectivity index (χ1n) is 9.42. The molecule has 1 aromatic rings. The van der Waals surface area contributed by atoms with Gasteiger partial charge in [-0.25, -0.2) is 0 Å². The summed E-state index contributed by atoms with van der Waals surface area (Å²) in [6.45, 7) is 13.2. The van der Waals surface area contributed by atoms with Crippen LogP contribution in [0.25, 0.3) is 0 Å². The predicted octanol–water partition coefficient (Wildman–Crippen LogP) is 3.15. The van der Waals surface area contributed by atoms with Crippen molar-refractivity contribution in [3.63, 3.8) is 0 Å². The van der Waals surface area contributed by atoms with Crippen molar-refractivity contribution in [3.8, 4) is 0 Å². The molecule has 2 fully saturated rings. The number of amides is 1. The van der Waals surface area contributed by atoms with Crippen molar-refractivity contribution in [3.05, 3.63) is 17.0 Å². The molecule has 2 aliphatic rings. The Balaban J connectivity index is 1.61. The first-order valence-corrected chi connectivity index (χ1v) is 9.42. The van der Waals surface area contributed by atoms with Gasteiger partial charge in [-0.3, -0.25) is 4.79 Å². The zero-order valence-electron chi connectivity index (χ0n) is 15.6. The van der Waals surface area contributed by atoms with E-state index in [9.17, 15) is 4.79 Å². The molecule has 0 aromatic carbocycles. The lowest BCUT2D eigenvalue weighted by molar-refractivity contribution is -0.167. The second-order valence-electron chi connectivity index (χ2n) is 7.77. The Bertz CT molecular complexity index is 574. The van der Waals surface area contributed by atoms with Crippen LogP contribution in [-0.2, 0) is 11.3 Å². The van der Waals surface area contributed by atoms with Gasteiger partial charge in [0, 0.05) is 25.2 Å². The number of rotatable bonds is 6. The van der Waals surface area contributed by atoms with Crippen LogP contribution in [0.4, 0.5) is 0 Å². The van der Waals surface area contributed by atoms with Crippen LogP contribution in [0.1, 0.15) is 56.5 Å². The molecule has 2 aliphatic heterocycles. The van der Waals surface area contributed by atoms with Crippen molar-refractivity contribution < 1.29 is 9.32 Å². The molecule has 1 amide bonds. The summed E-state index contributed by atoms with van der Waals surface area (Å²) < 4.78 is 5.23. The van der Waals surface area contributed by atoms with E-state index in [0.29, 0.717) is 12.5 Å². The monoisotopic (exact) mass is 333 g/mol. The van der Waals surface area contributed by atoms with Gasteiger partial charge in [-0.15, -0.1) is 0 Å². The number of aromatic nitrogens is 1. The van der Waals surface area contributed by atoms with Crippen molar-refractivity contribution in [1.29, 1.82) is 0 Å². The zero-order valence-corrected chi connectivity index (χ0v) is 15.6. The molecule has 5 heteroatoms. The van der Waals surface area contributed by atoms with Gasteiger partial charge in [-0.2, -0.15) is 0 Å². The summed E-state index contributed by atoms with van der Waals surface area (Å²) in [5.41, 5.74) is 1.85. The number of carbonyl (C=O) groups excluding carboxylic acids is 1. The van der Waals surface area contributed by atoms with E-state index < -0.39 is 0 Å². The van der Waals surface area contributed by atoms with Gasteiger partial charge >= 0.3 is 0 Å². The molecule has 0 N–H and O–H groups in total. The number of hydrogen-bond donors (Lipinski definition) is 0. The molecule has 24 heavy (non-hydrogen) atoms. The maximum absolute atomic E-state index is 12.9. The van der Waals surface area contributed by atoms with Gasteiger partial charge < -0.3 is 14.3 Å². The van der Waals surface area contributed by atoms with E-state index in [1.54, 1.807) is 0 Å². The minimum atomic E-state index is -0.122. The van der Waals surface area contributed by atoms with Crippen molar-refractivity contribution in [2.24, 2.45) is 11.3 Å². The van der Waals surface area contributed by atoms with E-state index in [-0.39, 0.29) is 5.41 Å². The van der Waals surface area contributed by atoms with Crippen molar-refractivity contribution in [2.75, 3.05) is 26.2 Å². The third-order valence-electron chi connectivity index (χ3n) is 6.09. The summed E-state index contributed by atoms with van der Waals surface area (Å²) in [7, 11) is 0. The smallest absolute Gasteiger partial charge is 0.232 e. The van der Waals surface area contributed by atoms with Crippen LogP contribution in [-0.4, -0.2) is 47.0 Å². The maximum Gasteiger partial charge on any atom is 0.232 e. The summed E-state index contributed by atoms with van der Waals surface area (Å²) >= 11 is 0. The summed E-state index contributed by atoms with van der Waals surface area (Å²) in [6.07, 6.45) is 4.65. The van der Waals surface area contributed by atoms with Crippen LogP contribution in [0.2, 0.25) is 0 Å². The summed E-state index contributed by atoms with van der Waals surface area (Å²) in [5.74, 6) is 1.92. The highest BCUT2D eigenvalue weighted by molar-refractivity contribution is 5.89. The summed E-state index contributed by atoms with van der Waals surface area (Å²) in [4.78, 5) is 17.4. The summed E-state index contributed by atoms with van der Waals surface area (Å²) in [5, 5.41) is 4.00. The lowest BCUT2D eigenvalue weighted by Gasteiger charge is -2.53. The molecule has 0 bridgehead atoms. The Hall–Kier alpha value is -1.36. The molecule has 0 unspecified atom stereocenters. The topological polar surface area (TPSA) is 49.6 Å². The van der Waals surface area contributed by atoms with Crippen LogP contribution in [0.3, 0.4) is 0 Å². The molecule has 1 aromatic heterocycles. The van der Waals surface area contributed by atoms with Crippen LogP contribution in [0.15, 0.2) is 4.52 Å². The molecule has 3 rings (SSSR count). The Labute approximate surface area is 145 Å². The van der Waals surface area contributed by atoms with E-state index in [4.69, 9.17) is 4.52 Å². The van der Waals surface area contributed by atoms with Crippen LogP contribution in [0, 0.1) is 25.2 Å². The van der Waals surface area contributed by atoms with Crippen LogP contribution in [0.5, 0.6) is 0 Å². The first-order chi connectivity index (χ1) is 11.5. The van der Waals surface area contributed by atoms with Gasteiger partial charge in [0.25, 0.3) is 0 Å². The van der Waals surface area contributed by atoms with Gasteiger partial charge in [0.15, 0.2) is 0 Å². The molecule has 5 nitrogen and oxygen atoms in total. The van der Waals surface area contributed by atoms with Gasteiger partial charge in [0.05, 0.1) is 17.7 Å². The number of carbonyl (C=O) groups is 1. The fourth-order valence-electron chi connectivity index (χ4n) is 4.39. The molecule has 0 saturated carbocycles. The quantitative estimate of drug-likeness (QED) is 0.751. The van der Waals surface area contributed by atoms with Crippen molar-refractivity contribution >= 4 is 5.91 Å². The molecular formula is C19H31N3O2. The van der Waals surface area contributed by atoms with E-state index in [2.05, 4.69) is 23.9 Å². The first kappa shape index (κ1) is 17.5. The third-order valence-corrected chi connectivity index (χ3v) is 6.09. The van der Waals surface area contributed by atoms with Crippen molar-refractivity contribution in [1.82, 2.24) is 15.0 Å². The molecule has 134 valence electrons. The van der Waals surface area contributed by atoms with Gasteiger partial charge in [0.1, 0.15) is 5.76 Å².